The number of pyridine rings is 2. The second-order valence-electron chi connectivity index (χ2n) is 13.7. The Balaban J connectivity index is 0.887. The Bertz CT molecular complexity index is 2190. The van der Waals surface area contributed by atoms with Crippen molar-refractivity contribution in [1.29, 1.82) is 0 Å². The second kappa shape index (κ2) is 15.5. The topological polar surface area (TPSA) is 113 Å². The van der Waals surface area contributed by atoms with Gasteiger partial charge in [0.15, 0.2) is 5.82 Å². The van der Waals surface area contributed by atoms with Crippen LogP contribution in [0.15, 0.2) is 85.7 Å². The molecule has 0 aliphatic carbocycles. The van der Waals surface area contributed by atoms with E-state index in [4.69, 9.17) is 14.7 Å². The maximum atomic E-state index is 12.6. The van der Waals surface area contributed by atoms with E-state index in [1.807, 2.05) is 22.9 Å². The fourth-order valence-electron chi connectivity index (χ4n) is 7.52. The standard InChI is InChI=1S/C41H45N9O2/c1-29-32(8-5-11-37(29)52-23-7-20-48-18-2-3-19-48)33-9-4-10-36-34(33)14-21-50(36)40-39-35(46-28-47-40)24-30(26-45-39)25-42-15-6-16-44-41(51)31-12-13-38-43-17-22-49(38)27-31/h4-5,8-13,17,22,24,26-28,42H,2-3,6-7,14-16,18-21,23,25H2,1H3,(H,44,51). The smallest absolute Gasteiger partial charge is 0.252 e. The van der Waals surface area contributed by atoms with Crippen LogP contribution in [-0.4, -0.2) is 81.0 Å². The Morgan fingerprint density at radius 3 is 2.73 bits per heavy atom. The van der Waals surface area contributed by atoms with Crippen LogP contribution in [0.5, 0.6) is 5.75 Å². The van der Waals surface area contributed by atoms with E-state index in [1.54, 1.807) is 24.8 Å². The lowest BCUT2D eigenvalue weighted by atomic mass is 9.94. The van der Waals surface area contributed by atoms with Gasteiger partial charge in [-0.15, -0.1) is 0 Å². The SMILES string of the molecule is Cc1c(OCCCN2CCCC2)cccc1-c1cccc2c1CCN2c1ncnc2cc(CNCCCNC(=O)c3ccc4nccn4c3)cnc12. The molecule has 0 spiro atoms. The van der Waals surface area contributed by atoms with E-state index < -0.39 is 0 Å². The third-order valence-corrected chi connectivity index (χ3v) is 10.2. The number of aromatic nitrogens is 5. The highest BCUT2D eigenvalue weighted by molar-refractivity contribution is 5.94. The number of nitrogens with one attached hydrogen (secondary N) is 2. The van der Waals surface area contributed by atoms with E-state index in [1.165, 1.54) is 48.2 Å². The molecule has 11 heteroatoms. The Morgan fingerprint density at radius 1 is 0.923 bits per heavy atom. The first-order chi connectivity index (χ1) is 25.6. The summed E-state index contributed by atoms with van der Waals surface area (Å²) in [6, 6.07) is 18.7. The van der Waals surface area contributed by atoms with E-state index in [0.29, 0.717) is 18.7 Å². The molecule has 6 aromatic rings. The van der Waals surface area contributed by atoms with Crippen molar-refractivity contribution in [2.24, 2.45) is 0 Å². The minimum Gasteiger partial charge on any atom is -0.493 e. The van der Waals surface area contributed by atoms with E-state index >= 15 is 0 Å². The van der Waals surface area contributed by atoms with Gasteiger partial charge in [0.05, 0.1) is 17.7 Å². The van der Waals surface area contributed by atoms with E-state index in [0.717, 1.165) is 85.0 Å². The van der Waals surface area contributed by atoms with Gasteiger partial charge in [-0.05, 0) is 117 Å². The molecular formula is C41H45N9O2. The summed E-state index contributed by atoms with van der Waals surface area (Å²) in [4.78, 5) is 35.8. The Hall–Kier alpha value is -5.39. The number of likely N-dealkylation sites (tertiary alicyclic amines) is 1. The van der Waals surface area contributed by atoms with E-state index in [2.05, 4.69) is 79.8 Å². The molecule has 2 aromatic carbocycles. The first-order valence-corrected chi connectivity index (χ1v) is 18.5. The molecule has 11 nitrogen and oxygen atoms in total. The van der Waals surface area contributed by atoms with E-state index in [9.17, 15) is 4.79 Å². The van der Waals surface area contributed by atoms with Crippen LogP contribution in [0.1, 0.15) is 52.7 Å². The molecule has 2 aliphatic heterocycles. The zero-order chi connectivity index (χ0) is 35.3. The van der Waals surface area contributed by atoms with Gasteiger partial charge in [-0.2, -0.15) is 0 Å². The molecule has 2 aliphatic rings. The summed E-state index contributed by atoms with van der Waals surface area (Å²) in [5.41, 5.74) is 10.2. The highest BCUT2D eigenvalue weighted by atomic mass is 16.5. The molecule has 0 radical (unpaired) electrons. The molecule has 266 valence electrons. The Kier molecular flexibility index (Phi) is 10.0. The number of fused-ring (bicyclic) bond motifs is 3. The molecule has 52 heavy (non-hydrogen) atoms. The lowest BCUT2D eigenvalue weighted by molar-refractivity contribution is 0.0952. The summed E-state index contributed by atoms with van der Waals surface area (Å²) in [7, 11) is 0. The molecule has 6 heterocycles. The monoisotopic (exact) mass is 695 g/mol. The van der Waals surface area contributed by atoms with Crippen molar-refractivity contribution in [2.45, 2.75) is 45.6 Å². The highest BCUT2D eigenvalue weighted by Gasteiger charge is 2.27. The third-order valence-electron chi connectivity index (χ3n) is 10.2. The molecule has 1 fully saturated rings. The lowest BCUT2D eigenvalue weighted by Crippen LogP contribution is -2.27. The quantitative estimate of drug-likeness (QED) is 0.130. The largest absolute Gasteiger partial charge is 0.493 e. The summed E-state index contributed by atoms with van der Waals surface area (Å²) in [6.07, 6.45) is 14.3. The molecule has 0 saturated carbocycles. The van der Waals surface area contributed by atoms with Crippen molar-refractivity contribution in [3.63, 3.8) is 0 Å². The van der Waals surface area contributed by atoms with Crippen molar-refractivity contribution >= 4 is 34.1 Å². The maximum absolute atomic E-state index is 12.6. The number of hydrogen-bond donors (Lipinski definition) is 2. The highest BCUT2D eigenvalue weighted by Crippen LogP contribution is 2.42. The van der Waals surface area contributed by atoms with Crippen LogP contribution in [0, 0.1) is 6.92 Å². The average Bonchev–Trinajstić information content (AvgIpc) is 3.96. The number of anilines is 2. The van der Waals surface area contributed by atoms with Crippen molar-refractivity contribution in [3.8, 4) is 16.9 Å². The number of imidazole rings is 1. The summed E-state index contributed by atoms with van der Waals surface area (Å²) in [5.74, 6) is 1.71. The summed E-state index contributed by atoms with van der Waals surface area (Å²) in [5, 5.41) is 6.47. The number of ether oxygens (including phenoxy) is 1. The number of amides is 1. The van der Waals surface area contributed by atoms with E-state index in [-0.39, 0.29) is 5.91 Å². The molecular weight excluding hydrogens is 651 g/mol. The molecule has 1 saturated heterocycles. The van der Waals surface area contributed by atoms with Crippen molar-refractivity contribution in [2.75, 3.05) is 50.8 Å². The van der Waals surface area contributed by atoms with Gasteiger partial charge in [-0.1, -0.05) is 24.3 Å². The van der Waals surface area contributed by atoms with Crippen LogP contribution >= 0.6 is 0 Å². The number of rotatable bonds is 14. The predicted octanol–water partition coefficient (Wildman–Crippen LogP) is 6.12. The number of carbonyl (C=O) groups is 1. The molecule has 4 aromatic heterocycles. The Morgan fingerprint density at radius 2 is 1.81 bits per heavy atom. The predicted molar refractivity (Wildman–Crippen MR) is 204 cm³/mol. The van der Waals surface area contributed by atoms with Gasteiger partial charge >= 0.3 is 0 Å². The molecule has 0 bridgehead atoms. The van der Waals surface area contributed by atoms with Gasteiger partial charge in [0.1, 0.15) is 23.2 Å². The van der Waals surface area contributed by atoms with Crippen LogP contribution in [0.25, 0.3) is 27.8 Å². The number of hydrogen-bond acceptors (Lipinski definition) is 9. The lowest BCUT2D eigenvalue weighted by Gasteiger charge is -2.20. The second-order valence-corrected chi connectivity index (χ2v) is 13.7. The van der Waals surface area contributed by atoms with Gasteiger partial charge < -0.3 is 29.6 Å². The number of nitrogens with zero attached hydrogens (tertiary/aromatic N) is 7. The summed E-state index contributed by atoms with van der Waals surface area (Å²) in [6.45, 7) is 9.29. The van der Waals surface area contributed by atoms with Crippen molar-refractivity contribution in [3.05, 3.63) is 108 Å². The molecule has 1 amide bonds. The Labute approximate surface area is 304 Å². The van der Waals surface area contributed by atoms with Gasteiger partial charge in [0.25, 0.3) is 5.91 Å². The average molecular weight is 696 g/mol. The van der Waals surface area contributed by atoms with Crippen molar-refractivity contribution < 1.29 is 9.53 Å². The van der Waals surface area contributed by atoms with Gasteiger partial charge in [-0.3, -0.25) is 9.78 Å². The zero-order valence-electron chi connectivity index (χ0n) is 29.7. The molecule has 8 rings (SSSR count). The molecule has 0 atom stereocenters. The van der Waals surface area contributed by atoms with Gasteiger partial charge in [-0.25, -0.2) is 15.0 Å². The molecule has 0 unspecified atom stereocenters. The fourth-order valence-corrected chi connectivity index (χ4v) is 7.52. The zero-order valence-corrected chi connectivity index (χ0v) is 29.7. The van der Waals surface area contributed by atoms with Crippen LogP contribution in [0.2, 0.25) is 0 Å². The van der Waals surface area contributed by atoms with Crippen LogP contribution in [0.3, 0.4) is 0 Å². The van der Waals surface area contributed by atoms with Gasteiger partial charge in [0.2, 0.25) is 0 Å². The fraction of sp³-hybridized carbons (Fsp3) is 0.341. The first kappa shape index (κ1) is 33.7. The summed E-state index contributed by atoms with van der Waals surface area (Å²) >= 11 is 0. The number of benzene rings is 2. The minimum atomic E-state index is -0.0884. The maximum Gasteiger partial charge on any atom is 0.252 e. The minimum absolute atomic E-state index is 0.0884. The first-order valence-electron chi connectivity index (χ1n) is 18.5. The van der Waals surface area contributed by atoms with Gasteiger partial charge in [0, 0.05) is 56.7 Å². The van der Waals surface area contributed by atoms with Crippen LogP contribution in [0.4, 0.5) is 11.5 Å². The van der Waals surface area contributed by atoms with Crippen LogP contribution in [-0.2, 0) is 13.0 Å². The van der Waals surface area contributed by atoms with Crippen LogP contribution < -0.4 is 20.3 Å². The number of carbonyl (C=O) groups excluding carboxylic acids is 1. The van der Waals surface area contributed by atoms with Crippen molar-refractivity contribution in [1.82, 2.24) is 39.9 Å². The normalized spacial score (nSPS) is 14.4. The molecule has 2 N–H and O–H groups in total. The summed E-state index contributed by atoms with van der Waals surface area (Å²) < 4.78 is 8.16. The third kappa shape index (κ3) is 7.19.